The molecule has 1 atom stereocenters. The van der Waals surface area contributed by atoms with Crippen LogP contribution in [0.2, 0.25) is 0 Å². The fraction of sp³-hybridized carbons (Fsp3) is 0.273. The zero-order valence-electron chi connectivity index (χ0n) is 16.5. The minimum atomic E-state index is -4.37. The van der Waals surface area contributed by atoms with Gasteiger partial charge in [-0.1, -0.05) is 12.1 Å². The Morgan fingerprint density at radius 1 is 1.13 bits per heavy atom. The quantitative estimate of drug-likeness (QED) is 0.493. The van der Waals surface area contributed by atoms with E-state index in [-0.39, 0.29) is 6.04 Å². The van der Waals surface area contributed by atoms with Gasteiger partial charge in [-0.2, -0.15) is 18.3 Å². The SMILES string of the molecule is Cc1c[nH]c2nccc(-c3c(-c4ccc(C(F)(F)F)cc4)nn4c3CN[C@@H](C)C4)c12. The lowest BCUT2D eigenvalue weighted by Gasteiger charge is -2.22. The number of benzene rings is 1. The van der Waals surface area contributed by atoms with E-state index in [1.54, 1.807) is 6.20 Å². The number of fused-ring (bicyclic) bond motifs is 2. The third-order valence-corrected chi connectivity index (χ3v) is 5.65. The number of alkyl halides is 3. The van der Waals surface area contributed by atoms with Crippen molar-refractivity contribution in [2.45, 2.75) is 39.2 Å². The highest BCUT2D eigenvalue weighted by Gasteiger charge is 2.31. The highest BCUT2D eigenvalue weighted by Crippen LogP contribution is 2.40. The molecular formula is C22H20F3N5. The highest BCUT2D eigenvalue weighted by atomic mass is 19.4. The van der Waals surface area contributed by atoms with Gasteiger partial charge in [-0.15, -0.1) is 0 Å². The molecule has 0 aliphatic carbocycles. The third-order valence-electron chi connectivity index (χ3n) is 5.65. The Morgan fingerprint density at radius 3 is 2.63 bits per heavy atom. The van der Waals surface area contributed by atoms with E-state index in [2.05, 4.69) is 22.2 Å². The summed E-state index contributed by atoms with van der Waals surface area (Å²) in [6.45, 7) is 5.43. The number of aromatic amines is 1. The van der Waals surface area contributed by atoms with Crippen LogP contribution in [0.5, 0.6) is 0 Å². The van der Waals surface area contributed by atoms with Crippen LogP contribution in [0.1, 0.15) is 23.7 Å². The van der Waals surface area contributed by atoms with Gasteiger partial charge in [0.15, 0.2) is 0 Å². The van der Waals surface area contributed by atoms with E-state index >= 15 is 0 Å². The topological polar surface area (TPSA) is 58.5 Å². The Balaban J connectivity index is 1.75. The standard InChI is InChI=1S/C22H20F3N5/c1-12-9-28-21-18(12)16(7-8-26-21)19-17-10-27-13(2)11-30(17)29-20(19)14-3-5-15(6-4-14)22(23,24)25/h3-9,13,27H,10-11H2,1-2H3,(H,26,28)/t13-/m0/s1. The van der Waals surface area contributed by atoms with Crippen LogP contribution in [-0.2, 0) is 19.3 Å². The maximum atomic E-state index is 13.0. The Labute approximate surface area is 170 Å². The molecular weight excluding hydrogens is 391 g/mol. The normalized spacial score (nSPS) is 16.8. The number of halogens is 3. The first-order valence-corrected chi connectivity index (χ1v) is 9.76. The van der Waals surface area contributed by atoms with E-state index in [1.165, 1.54) is 12.1 Å². The van der Waals surface area contributed by atoms with Crippen molar-refractivity contribution >= 4 is 11.0 Å². The van der Waals surface area contributed by atoms with Gasteiger partial charge >= 0.3 is 6.18 Å². The molecule has 8 heteroatoms. The maximum absolute atomic E-state index is 13.0. The summed E-state index contributed by atoms with van der Waals surface area (Å²) in [5.74, 6) is 0. The van der Waals surface area contributed by atoms with Crippen molar-refractivity contribution < 1.29 is 13.2 Å². The van der Waals surface area contributed by atoms with Gasteiger partial charge < -0.3 is 10.3 Å². The van der Waals surface area contributed by atoms with Gasteiger partial charge in [0, 0.05) is 41.5 Å². The van der Waals surface area contributed by atoms with E-state index in [0.717, 1.165) is 45.6 Å². The van der Waals surface area contributed by atoms with Gasteiger partial charge in [-0.05, 0) is 43.2 Å². The number of rotatable bonds is 2. The van der Waals surface area contributed by atoms with Gasteiger partial charge in [0.05, 0.1) is 17.8 Å². The van der Waals surface area contributed by atoms with Crippen molar-refractivity contribution in [2.75, 3.05) is 0 Å². The second-order valence-corrected chi connectivity index (χ2v) is 7.76. The van der Waals surface area contributed by atoms with Crippen LogP contribution in [-0.4, -0.2) is 25.8 Å². The van der Waals surface area contributed by atoms with E-state index in [0.29, 0.717) is 24.3 Å². The predicted molar refractivity (Wildman–Crippen MR) is 109 cm³/mol. The van der Waals surface area contributed by atoms with Crippen LogP contribution in [0.3, 0.4) is 0 Å². The number of hydrogen-bond donors (Lipinski definition) is 2. The van der Waals surface area contributed by atoms with Crippen LogP contribution in [0.15, 0.2) is 42.7 Å². The molecule has 3 aromatic heterocycles. The highest BCUT2D eigenvalue weighted by molar-refractivity contribution is 5.99. The summed E-state index contributed by atoms with van der Waals surface area (Å²) in [6.07, 6.45) is -0.712. The van der Waals surface area contributed by atoms with Crippen LogP contribution in [0, 0.1) is 6.92 Å². The van der Waals surface area contributed by atoms with Crippen LogP contribution in [0.4, 0.5) is 13.2 Å². The number of hydrogen-bond acceptors (Lipinski definition) is 3. The molecule has 0 fully saturated rings. The van der Waals surface area contributed by atoms with Crippen LogP contribution in [0.25, 0.3) is 33.4 Å². The summed E-state index contributed by atoms with van der Waals surface area (Å²) >= 11 is 0. The molecule has 4 heterocycles. The van der Waals surface area contributed by atoms with Gasteiger partial charge in [0.1, 0.15) is 11.3 Å². The average Bonchev–Trinajstić information content (AvgIpc) is 3.28. The largest absolute Gasteiger partial charge is 0.416 e. The lowest BCUT2D eigenvalue weighted by atomic mass is 9.95. The number of aryl methyl sites for hydroxylation is 1. The molecule has 1 aliphatic rings. The number of aromatic nitrogens is 4. The van der Waals surface area contributed by atoms with Crippen molar-refractivity contribution in [3.05, 3.63) is 59.5 Å². The monoisotopic (exact) mass is 411 g/mol. The molecule has 5 nitrogen and oxygen atoms in total. The van der Waals surface area contributed by atoms with E-state index in [1.807, 2.05) is 23.9 Å². The van der Waals surface area contributed by atoms with Gasteiger partial charge in [-0.3, -0.25) is 4.68 Å². The molecule has 5 rings (SSSR count). The van der Waals surface area contributed by atoms with Crippen molar-refractivity contribution in [2.24, 2.45) is 0 Å². The molecule has 4 aromatic rings. The molecule has 1 aromatic carbocycles. The van der Waals surface area contributed by atoms with Gasteiger partial charge in [-0.25, -0.2) is 4.98 Å². The minimum Gasteiger partial charge on any atom is -0.346 e. The van der Waals surface area contributed by atoms with Crippen molar-refractivity contribution in [3.8, 4) is 22.4 Å². The average molecular weight is 411 g/mol. The van der Waals surface area contributed by atoms with Gasteiger partial charge in [0.25, 0.3) is 0 Å². The van der Waals surface area contributed by atoms with E-state index < -0.39 is 11.7 Å². The number of H-pyrrole nitrogens is 1. The van der Waals surface area contributed by atoms with Crippen molar-refractivity contribution in [1.82, 2.24) is 25.1 Å². The number of nitrogens with one attached hydrogen (secondary N) is 2. The maximum Gasteiger partial charge on any atom is 0.416 e. The Kier molecular flexibility index (Phi) is 4.21. The zero-order chi connectivity index (χ0) is 21.0. The molecule has 0 bridgehead atoms. The summed E-state index contributed by atoms with van der Waals surface area (Å²) in [5.41, 5.74) is 5.45. The van der Waals surface area contributed by atoms with Gasteiger partial charge in [0.2, 0.25) is 0 Å². The first-order chi connectivity index (χ1) is 14.3. The lowest BCUT2D eigenvalue weighted by Crippen LogP contribution is -2.36. The van der Waals surface area contributed by atoms with Crippen LogP contribution < -0.4 is 5.32 Å². The molecule has 0 unspecified atom stereocenters. The molecule has 0 radical (unpaired) electrons. The smallest absolute Gasteiger partial charge is 0.346 e. The summed E-state index contributed by atoms with van der Waals surface area (Å²) < 4.78 is 41.1. The summed E-state index contributed by atoms with van der Waals surface area (Å²) in [5, 5.41) is 9.29. The zero-order valence-corrected chi connectivity index (χ0v) is 16.5. The van der Waals surface area contributed by atoms with Crippen molar-refractivity contribution in [1.29, 1.82) is 0 Å². The second-order valence-electron chi connectivity index (χ2n) is 7.76. The molecule has 0 saturated carbocycles. The fourth-order valence-electron chi connectivity index (χ4n) is 4.15. The molecule has 30 heavy (non-hydrogen) atoms. The third kappa shape index (κ3) is 2.99. The first-order valence-electron chi connectivity index (χ1n) is 9.76. The Bertz CT molecular complexity index is 1230. The molecule has 1 aliphatic heterocycles. The predicted octanol–water partition coefficient (Wildman–Crippen LogP) is 4.91. The van der Waals surface area contributed by atoms with Crippen molar-refractivity contribution in [3.63, 3.8) is 0 Å². The summed E-state index contributed by atoms with van der Waals surface area (Å²) in [4.78, 5) is 7.60. The van der Waals surface area contributed by atoms with Crippen LogP contribution >= 0.6 is 0 Å². The number of nitrogens with zero attached hydrogens (tertiary/aromatic N) is 3. The van der Waals surface area contributed by atoms with E-state index in [9.17, 15) is 13.2 Å². The number of pyridine rings is 1. The minimum absolute atomic E-state index is 0.261. The second kappa shape index (κ2) is 6.70. The Hall–Kier alpha value is -3.13. The molecule has 154 valence electrons. The fourth-order valence-corrected chi connectivity index (χ4v) is 4.15. The summed E-state index contributed by atoms with van der Waals surface area (Å²) in [7, 11) is 0. The first kappa shape index (κ1) is 18.9. The molecule has 0 saturated heterocycles. The summed E-state index contributed by atoms with van der Waals surface area (Å²) in [6, 6.07) is 7.44. The molecule has 0 spiro atoms. The molecule has 0 amide bonds. The molecule has 2 N–H and O–H groups in total. The lowest BCUT2D eigenvalue weighted by molar-refractivity contribution is -0.137. The Morgan fingerprint density at radius 2 is 1.90 bits per heavy atom. The van der Waals surface area contributed by atoms with E-state index in [4.69, 9.17) is 5.10 Å².